The predicted molar refractivity (Wildman–Crippen MR) is 398 cm³/mol. The van der Waals surface area contributed by atoms with E-state index in [9.17, 15) is 14.7 Å². The van der Waals surface area contributed by atoms with Gasteiger partial charge in [-0.25, -0.2) is 0 Å². The van der Waals surface area contributed by atoms with Gasteiger partial charge in [0.1, 0.15) is 6.61 Å². The molecule has 0 aromatic heterocycles. The Hall–Kier alpha value is -5.00. The lowest BCUT2D eigenvalue weighted by atomic mass is 10.0. The Kier molecular flexibility index (Phi) is 73.9. The Morgan fingerprint density at radius 2 is 0.444 bits per heavy atom. The van der Waals surface area contributed by atoms with Gasteiger partial charge in [0.25, 0.3) is 0 Å². The van der Waals surface area contributed by atoms with Crippen LogP contribution in [0, 0.1) is 0 Å². The molecule has 1 unspecified atom stereocenters. The lowest BCUT2D eigenvalue weighted by Crippen LogP contribution is -2.28. The zero-order chi connectivity index (χ0) is 64.7. The first-order valence-electron chi connectivity index (χ1n) is 37.3. The van der Waals surface area contributed by atoms with Gasteiger partial charge in [0.15, 0.2) is 6.10 Å². The monoisotopic (exact) mass is 1240 g/mol. The number of esters is 2. The third-order valence-corrected chi connectivity index (χ3v) is 15.7. The molecule has 5 heteroatoms. The molecule has 0 aromatic rings. The number of hydrogen-bond acceptors (Lipinski definition) is 5. The molecule has 508 valence electrons. The molecule has 0 heterocycles. The normalized spacial score (nSPS) is 13.3. The molecule has 0 aromatic carbocycles. The average molecular weight is 1240 g/mol. The molecule has 0 aliphatic rings. The third-order valence-electron chi connectivity index (χ3n) is 15.7. The summed E-state index contributed by atoms with van der Waals surface area (Å²) in [5.74, 6) is -0.607. The molecular formula is C85H138O5. The van der Waals surface area contributed by atoms with E-state index in [1.165, 1.54) is 154 Å². The molecule has 0 aliphatic heterocycles. The maximum atomic E-state index is 12.4. The highest BCUT2D eigenvalue weighted by Crippen LogP contribution is 2.17. The highest BCUT2D eigenvalue weighted by molar-refractivity contribution is 5.70. The number of unbranched alkanes of at least 4 members (excludes halogenated alkanes) is 29. The number of aliphatic hydroxyl groups is 1. The maximum absolute atomic E-state index is 12.4. The van der Waals surface area contributed by atoms with Gasteiger partial charge in [-0.1, -0.05) is 357 Å². The maximum Gasteiger partial charge on any atom is 0.306 e. The van der Waals surface area contributed by atoms with Crippen molar-refractivity contribution in [3.63, 3.8) is 0 Å². The third kappa shape index (κ3) is 75.5. The highest BCUT2D eigenvalue weighted by Gasteiger charge is 2.16. The van der Waals surface area contributed by atoms with Crippen molar-refractivity contribution in [3.8, 4) is 0 Å². The van der Waals surface area contributed by atoms with Crippen LogP contribution in [0.25, 0.3) is 0 Å². The van der Waals surface area contributed by atoms with Crippen LogP contribution in [0.5, 0.6) is 0 Å². The van der Waals surface area contributed by atoms with Crippen LogP contribution in [0.15, 0.2) is 182 Å². The number of carbonyl (C=O) groups excluding carboxylic acids is 2. The largest absolute Gasteiger partial charge is 0.462 e. The Bertz CT molecular complexity index is 1990. The van der Waals surface area contributed by atoms with E-state index in [0.717, 1.165) is 141 Å². The van der Waals surface area contributed by atoms with Crippen LogP contribution in [-0.4, -0.2) is 36.4 Å². The van der Waals surface area contributed by atoms with Gasteiger partial charge in [-0.3, -0.25) is 9.59 Å². The van der Waals surface area contributed by atoms with Crippen molar-refractivity contribution in [3.05, 3.63) is 182 Å². The van der Waals surface area contributed by atoms with Crippen LogP contribution >= 0.6 is 0 Å². The van der Waals surface area contributed by atoms with Crippen molar-refractivity contribution in [1.29, 1.82) is 0 Å². The topological polar surface area (TPSA) is 72.8 Å². The predicted octanol–water partition coefficient (Wildman–Crippen LogP) is 26.5. The lowest BCUT2D eigenvalue weighted by Gasteiger charge is -2.15. The van der Waals surface area contributed by atoms with E-state index in [0.29, 0.717) is 12.8 Å². The molecule has 0 radical (unpaired) electrons. The van der Waals surface area contributed by atoms with E-state index < -0.39 is 6.10 Å². The van der Waals surface area contributed by atoms with Gasteiger partial charge in [-0.2, -0.15) is 0 Å². The van der Waals surface area contributed by atoms with Crippen molar-refractivity contribution in [2.75, 3.05) is 13.2 Å². The van der Waals surface area contributed by atoms with E-state index in [-0.39, 0.29) is 25.2 Å². The summed E-state index contributed by atoms with van der Waals surface area (Å²) < 4.78 is 10.8. The van der Waals surface area contributed by atoms with E-state index in [4.69, 9.17) is 9.47 Å². The quantitative estimate of drug-likeness (QED) is 0.0373. The smallest absolute Gasteiger partial charge is 0.306 e. The minimum atomic E-state index is -0.793. The molecule has 0 amide bonds. The first-order valence-corrected chi connectivity index (χ1v) is 37.3. The number of aliphatic hydroxyl groups excluding tert-OH is 1. The molecule has 1 atom stereocenters. The van der Waals surface area contributed by atoms with Gasteiger partial charge in [0.05, 0.1) is 6.61 Å². The fraction of sp³-hybridized carbons (Fsp3) is 0.624. The lowest BCUT2D eigenvalue weighted by molar-refractivity contribution is -0.161. The standard InChI is InChI=1S/C85H138O5/c1-3-5-7-9-11-13-15-17-19-21-23-25-27-29-31-33-35-37-39-41-42-44-45-47-49-51-53-55-57-59-61-63-65-67-69-71-73-75-77-79-84(87)89-82-83(81-86)90-85(88)80-78-76-74-72-70-68-66-64-62-60-58-56-54-52-50-48-46-43-40-38-36-34-32-30-28-26-24-22-20-18-16-14-12-10-8-6-4-2/h5-8,11-14,17-20,23-26,29-32,36,38,43,46,50,52,56,58,62,64,83,86H,3-4,9-10,15-16,21-22,27-28,33-35,37,39-42,44-45,47-49,51,53-55,57,59-61,63,65-82H2,1-2H3/b7-5-,8-6-,13-11-,14-12-,19-17-,20-18-,25-23-,26-24-,31-29-,32-30-,38-36-,46-43-,52-50-,58-56-,64-62-. The van der Waals surface area contributed by atoms with Gasteiger partial charge in [-0.15, -0.1) is 0 Å². The Morgan fingerprint density at radius 3 is 0.667 bits per heavy atom. The summed E-state index contributed by atoms with van der Waals surface area (Å²) >= 11 is 0. The Balaban J connectivity index is 3.53. The number of allylic oxidation sites excluding steroid dienone is 30. The van der Waals surface area contributed by atoms with Gasteiger partial charge in [0, 0.05) is 12.8 Å². The van der Waals surface area contributed by atoms with Crippen LogP contribution < -0.4 is 0 Å². The summed E-state index contributed by atoms with van der Waals surface area (Å²) in [5, 5.41) is 9.72. The van der Waals surface area contributed by atoms with Crippen LogP contribution in [0.4, 0.5) is 0 Å². The van der Waals surface area contributed by atoms with Crippen LogP contribution in [-0.2, 0) is 19.1 Å². The summed E-state index contributed by atoms with van der Waals surface area (Å²) in [6, 6.07) is 0. The molecule has 0 spiro atoms. The zero-order valence-corrected chi connectivity index (χ0v) is 58.3. The summed E-state index contributed by atoms with van der Waals surface area (Å²) in [5.41, 5.74) is 0. The summed E-state index contributed by atoms with van der Waals surface area (Å²) in [6.07, 6.45) is 122. The Morgan fingerprint density at radius 1 is 0.256 bits per heavy atom. The zero-order valence-electron chi connectivity index (χ0n) is 58.3. The summed E-state index contributed by atoms with van der Waals surface area (Å²) in [4.78, 5) is 24.7. The summed E-state index contributed by atoms with van der Waals surface area (Å²) in [6.45, 7) is 3.91. The molecular weight excluding hydrogens is 1100 g/mol. The molecule has 90 heavy (non-hydrogen) atoms. The second kappa shape index (κ2) is 78.2. The van der Waals surface area contributed by atoms with Gasteiger partial charge >= 0.3 is 11.9 Å². The van der Waals surface area contributed by atoms with Crippen LogP contribution in [0.1, 0.15) is 322 Å². The molecule has 1 N–H and O–H groups in total. The van der Waals surface area contributed by atoms with Gasteiger partial charge in [0.2, 0.25) is 0 Å². The molecule has 5 nitrogen and oxygen atoms in total. The van der Waals surface area contributed by atoms with E-state index in [1.807, 2.05) is 0 Å². The van der Waals surface area contributed by atoms with Crippen LogP contribution in [0.2, 0.25) is 0 Å². The number of rotatable bonds is 67. The minimum absolute atomic E-state index is 0.0789. The number of ether oxygens (including phenoxy) is 2. The number of hydrogen-bond donors (Lipinski definition) is 1. The molecule has 0 bridgehead atoms. The first-order chi connectivity index (χ1) is 44.6. The van der Waals surface area contributed by atoms with Gasteiger partial charge in [-0.05, 0) is 135 Å². The van der Waals surface area contributed by atoms with Crippen molar-refractivity contribution in [2.45, 2.75) is 328 Å². The summed E-state index contributed by atoms with van der Waals surface area (Å²) in [7, 11) is 0. The van der Waals surface area contributed by atoms with Gasteiger partial charge < -0.3 is 14.6 Å². The minimum Gasteiger partial charge on any atom is -0.462 e. The number of carbonyl (C=O) groups is 2. The van der Waals surface area contributed by atoms with Crippen molar-refractivity contribution in [1.82, 2.24) is 0 Å². The Labute approximate surface area is 556 Å². The fourth-order valence-corrected chi connectivity index (χ4v) is 10.2. The molecule has 0 saturated carbocycles. The average Bonchev–Trinajstić information content (AvgIpc) is 3.62. The molecule has 0 saturated heterocycles. The van der Waals surface area contributed by atoms with E-state index in [1.54, 1.807) is 0 Å². The molecule has 0 aliphatic carbocycles. The fourth-order valence-electron chi connectivity index (χ4n) is 10.2. The van der Waals surface area contributed by atoms with E-state index in [2.05, 4.69) is 196 Å². The van der Waals surface area contributed by atoms with Crippen molar-refractivity contribution >= 4 is 11.9 Å². The van der Waals surface area contributed by atoms with Crippen molar-refractivity contribution in [2.24, 2.45) is 0 Å². The second-order valence-electron chi connectivity index (χ2n) is 24.3. The highest BCUT2D eigenvalue weighted by atomic mass is 16.6. The second-order valence-corrected chi connectivity index (χ2v) is 24.3. The SMILES string of the molecule is CC/C=C\C/C=C\C/C=C\C/C=C\C/C=C\C/C=C\C/C=C\C/C=C\C/C=C\C/C=C\CCCCCCCCC(=O)OC(CO)COC(=O)CCCCCCCCCCCCCCCCCCCCCCCCC/C=C\C/C=C\C/C=C\C/C=C\C/C=C\CC. The first kappa shape index (κ1) is 85.0. The van der Waals surface area contributed by atoms with Crippen LogP contribution in [0.3, 0.4) is 0 Å². The van der Waals surface area contributed by atoms with E-state index >= 15 is 0 Å². The molecule has 0 rings (SSSR count). The van der Waals surface area contributed by atoms with Crippen molar-refractivity contribution < 1.29 is 24.2 Å². The molecule has 0 fully saturated rings.